The molecule has 2 aliphatic carbocycles. The third-order valence-corrected chi connectivity index (χ3v) is 12.0. The van der Waals surface area contributed by atoms with Crippen LogP contribution < -0.4 is 4.90 Å². The van der Waals surface area contributed by atoms with E-state index in [1.165, 1.54) is 78.2 Å². The van der Waals surface area contributed by atoms with Crippen molar-refractivity contribution >= 4 is 35.1 Å². The maximum absolute atomic E-state index is 4.77. The molecule has 270 valence electrons. The first kappa shape index (κ1) is 35.2. The number of rotatable bonds is 6. The van der Waals surface area contributed by atoms with E-state index in [2.05, 4.69) is 196 Å². The molecule has 0 bridgehead atoms. The molecule has 2 heteroatoms. The van der Waals surface area contributed by atoms with Crippen LogP contribution in [0.25, 0.3) is 44.5 Å². The summed E-state index contributed by atoms with van der Waals surface area (Å²) >= 11 is 4.77. The molecule has 0 saturated carbocycles. The highest BCUT2D eigenvalue weighted by molar-refractivity contribution is 7.80. The van der Waals surface area contributed by atoms with E-state index in [4.69, 9.17) is 12.6 Å². The number of aryl methyl sites for hydroxylation is 1. The largest absolute Gasteiger partial charge is 0.333 e. The van der Waals surface area contributed by atoms with Crippen LogP contribution >= 0.6 is 12.6 Å². The highest BCUT2D eigenvalue weighted by atomic mass is 32.1. The first-order chi connectivity index (χ1) is 26.7. The molecular weight excluding hydrogens is 683 g/mol. The highest BCUT2D eigenvalue weighted by Crippen LogP contribution is 2.50. The van der Waals surface area contributed by atoms with Gasteiger partial charge in [-0.15, -0.1) is 12.6 Å². The van der Waals surface area contributed by atoms with Crippen LogP contribution in [0.1, 0.15) is 67.3 Å². The monoisotopic (exact) mass is 729 g/mol. The van der Waals surface area contributed by atoms with Crippen LogP contribution in [0.5, 0.6) is 0 Å². The van der Waals surface area contributed by atoms with Gasteiger partial charge in [-0.1, -0.05) is 154 Å². The number of thiol groups is 1. The minimum Gasteiger partial charge on any atom is -0.333 e. The van der Waals surface area contributed by atoms with E-state index >= 15 is 0 Å². The number of anilines is 2. The molecule has 3 aliphatic rings. The Morgan fingerprint density at radius 1 is 0.600 bits per heavy atom. The van der Waals surface area contributed by atoms with Crippen LogP contribution in [-0.4, -0.2) is 6.04 Å². The van der Waals surface area contributed by atoms with Crippen molar-refractivity contribution < 1.29 is 0 Å². The van der Waals surface area contributed by atoms with Crippen LogP contribution in [0.3, 0.4) is 0 Å². The van der Waals surface area contributed by atoms with E-state index in [1.807, 2.05) is 6.07 Å². The second-order valence-electron chi connectivity index (χ2n) is 16.3. The summed E-state index contributed by atoms with van der Waals surface area (Å²) in [6.07, 6.45) is 16.4. The molecule has 0 amide bonds. The molecule has 55 heavy (non-hydrogen) atoms. The standard InChI is InChI=1S/C53H47NS/c1-35-30-39(22-26-44(35)46-27-23-42(34-49(46)53(2,3)4)45-20-11-12-21-52(45)55)38-18-13-19-43(31-38)54-50-28-24-40(36-14-7-5-8-15-36)32-47(50)48-33-41(25-29-51(48)54)37-16-9-6-10-17-37/h5,7-9,11-34,47,50,55H,6,10H2,1-4H3. The van der Waals surface area contributed by atoms with Crippen molar-refractivity contribution in [3.05, 3.63) is 198 Å². The molecule has 1 aliphatic heterocycles. The van der Waals surface area contributed by atoms with Gasteiger partial charge in [-0.05, 0) is 134 Å². The predicted octanol–water partition coefficient (Wildman–Crippen LogP) is 14.6. The van der Waals surface area contributed by atoms with Crippen LogP contribution in [0.4, 0.5) is 11.4 Å². The lowest BCUT2D eigenvalue weighted by molar-refractivity contribution is 0.592. The molecule has 0 spiro atoms. The van der Waals surface area contributed by atoms with Crippen molar-refractivity contribution in [1.29, 1.82) is 0 Å². The number of hydrogen-bond acceptors (Lipinski definition) is 2. The van der Waals surface area contributed by atoms with Crippen LogP contribution in [-0.2, 0) is 5.41 Å². The molecule has 0 radical (unpaired) electrons. The molecule has 0 fully saturated rings. The molecule has 1 heterocycles. The number of hydrogen-bond donors (Lipinski definition) is 1. The SMILES string of the molecule is Cc1cc(-c2cccc(N3c4ccc(C5=CCCC=C5)cc4C4C=C(c5ccccc5)C=CC43)c2)ccc1-c1ccc(-c2ccccc2S)cc1C(C)(C)C. The number of benzene rings is 6. The van der Waals surface area contributed by atoms with Gasteiger partial charge in [0, 0.05) is 22.2 Å². The van der Waals surface area contributed by atoms with Gasteiger partial charge in [0.1, 0.15) is 0 Å². The average Bonchev–Trinajstić information content (AvgIpc) is 3.54. The molecule has 6 aromatic carbocycles. The number of nitrogens with zero attached hydrogens (tertiary/aromatic N) is 1. The van der Waals surface area contributed by atoms with Gasteiger partial charge in [-0.3, -0.25) is 0 Å². The van der Waals surface area contributed by atoms with E-state index in [0.29, 0.717) is 0 Å². The van der Waals surface area contributed by atoms with Crippen molar-refractivity contribution in [2.45, 2.75) is 62.8 Å². The Hall–Kier alpha value is -5.57. The molecule has 0 saturated heterocycles. The zero-order valence-electron chi connectivity index (χ0n) is 32.1. The van der Waals surface area contributed by atoms with Crippen LogP contribution in [0, 0.1) is 6.92 Å². The van der Waals surface area contributed by atoms with Gasteiger partial charge in [-0.25, -0.2) is 0 Å². The molecule has 9 rings (SSSR count). The summed E-state index contributed by atoms with van der Waals surface area (Å²) in [5.74, 6) is 0.248. The second-order valence-corrected chi connectivity index (χ2v) is 16.7. The molecule has 2 atom stereocenters. The van der Waals surface area contributed by atoms with E-state index in [1.54, 1.807) is 0 Å². The number of allylic oxidation sites excluding steroid dienone is 6. The van der Waals surface area contributed by atoms with Gasteiger partial charge in [0.25, 0.3) is 0 Å². The van der Waals surface area contributed by atoms with Gasteiger partial charge >= 0.3 is 0 Å². The van der Waals surface area contributed by atoms with Crippen molar-refractivity contribution in [2.75, 3.05) is 4.90 Å². The predicted molar refractivity (Wildman–Crippen MR) is 238 cm³/mol. The van der Waals surface area contributed by atoms with Crippen LogP contribution in [0.2, 0.25) is 0 Å². The first-order valence-electron chi connectivity index (χ1n) is 19.6. The maximum atomic E-state index is 4.77. The third-order valence-electron chi connectivity index (χ3n) is 11.6. The molecule has 1 nitrogen and oxygen atoms in total. The van der Waals surface area contributed by atoms with Gasteiger partial charge in [0.2, 0.25) is 0 Å². The van der Waals surface area contributed by atoms with E-state index in [0.717, 1.165) is 23.3 Å². The summed E-state index contributed by atoms with van der Waals surface area (Å²) in [4.78, 5) is 3.56. The Morgan fingerprint density at radius 2 is 1.35 bits per heavy atom. The van der Waals surface area contributed by atoms with Gasteiger partial charge in [0.15, 0.2) is 0 Å². The zero-order chi connectivity index (χ0) is 37.7. The Morgan fingerprint density at radius 3 is 2.13 bits per heavy atom. The van der Waals surface area contributed by atoms with Gasteiger partial charge in [-0.2, -0.15) is 0 Å². The Labute approximate surface area is 332 Å². The fourth-order valence-electron chi connectivity index (χ4n) is 8.80. The van der Waals surface area contributed by atoms with Gasteiger partial charge in [0.05, 0.1) is 6.04 Å². The average molecular weight is 730 g/mol. The molecule has 0 aromatic heterocycles. The first-order valence-corrected chi connectivity index (χ1v) is 20.1. The molecule has 2 unspecified atom stereocenters. The Balaban J connectivity index is 1.08. The second kappa shape index (κ2) is 14.3. The normalized spacial score (nSPS) is 17.4. The van der Waals surface area contributed by atoms with Crippen molar-refractivity contribution in [1.82, 2.24) is 0 Å². The topological polar surface area (TPSA) is 3.24 Å². The van der Waals surface area contributed by atoms with E-state index in [-0.39, 0.29) is 17.4 Å². The van der Waals surface area contributed by atoms with E-state index in [9.17, 15) is 0 Å². The lowest BCUT2D eigenvalue weighted by Gasteiger charge is -2.30. The molecule has 6 aromatic rings. The van der Waals surface area contributed by atoms with Crippen LogP contribution in [0.15, 0.2) is 175 Å². The lowest BCUT2D eigenvalue weighted by atomic mass is 9.79. The van der Waals surface area contributed by atoms with Crippen molar-refractivity contribution in [2.24, 2.45) is 0 Å². The zero-order valence-corrected chi connectivity index (χ0v) is 33.0. The fourth-order valence-corrected chi connectivity index (χ4v) is 9.09. The van der Waals surface area contributed by atoms with Crippen molar-refractivity contribution in [3.8, 4) is 33.4 Å². The quantitative estimate of drug-likeness (QED) is 0.167. The summed E-state index contributed by atoms with van der Waals surface area (Å²) in [6.45, 7) is 9.18. The summed E-state index contributed by atoms with van der Waals surface area (Å²) in [7, 11) is 0. The third kappa shape index (κ3) is 6.64. The smallest absolute Gasteiger partial charge is 0.0630 e. The summed E-state index contributed by atoms with van der Waals surface area (Å²) in [5, 5.41) is 0. The molecular formula is C53H47NS. The summed E-state index contributed by atoms with van der Waals surface area (Å²) in [6, 6.07) is 49.5. The Bertz CT molecular complexity index is 2560. The molecule has 0 N–H and O–H groups in total. The highest BCUT2D eigenvalue weighted by Gasteiger charge is 2.39. The van der Waals surface area contributed by atoms with Crippen molar-refractivity contribution in [3.63, 3.8) is 0 Å². The minimum atomic E-state index is -0.0321. The minimum absolute atomic E-state index is 0.0321. The summed E-state index contributed by atoms with van der Waals surface area (Å²) < 4.78 is 0. The summed E-state index contributed by atoms with van der Waals surface area (Å²) in [5.41, 5.74) is 19.1. The Kier molecular flexibility index (Phi) is 9.11. The maximum Gasteiger partial charge on any atom is 0.0630 e. The lowest BCUT2D eigenvalue weighted by Crippen LogP contribution is -2.29. The van der Waals surface area contributed by atoms with Gasteiger partial charge < -0.3 is 4.90 Å². The fraction of sp³-hybridized carbons (Fsp3) is 0.170. The number of fused-ring (bicyclic) bond motifs is 3. The van der Waals surface area contributed by atoms with E-state index < -0.39 is 0 Å².